The zero-order chi connectivity index (χ0) is 23.3. The number of anilines is 1. The van der Waals surface area contributed by atoms with E-state index in [0.29, 0.717) is 36.0 Å². The molecule has 0 fully saturated rings. The van der Waals surface area contributed by atoms with Crippen molar-refractivity contribution in [1.82, 2.24) is 14.4 Å². The summed E-state index contributed by atoms with van der Waals surface area (Å²) >= 11 is 1.58. The number of carbonyl (C=O) groups excluding carboxylic acids is 1. The molecule has 0 aliphatic carbocycles. The van der Waals surface area contributed by atoms with Crippen LogP contribution in [0.15, 0.2) is 84.5 Å². The second-order valence-corrected chi connectivity index (χ2v) is 8.71. The Bertz CT molecular complexity index is 1410. The Hall–Kier alpha value is -4.17. The lowest BCUT2D eigenvalue weighted by atomic mass is 10.2. The molecule has 170 valence electrons. The van der Waals surface area contributed by atoms with Gasteiger partial charge in [0, 0.05) is 35.1 Å². The smallest absolute Gasteiger partial charge is 0.255 e. The Morgan fingerprint density at radius 3 is 2.53 bits per heavy atom. The number of benzene rings is 2. The number of amides is 1. The Kier molecular flexibility index (Phi) is 6.22. The molecule has 1 N–H and O–H groups in total. The van der Waals surface area contributed by atoms with Crippen LogP contribution in [0.2, 0.25) is 0 Å². The van der Waals surface area contributed by atoms with Crippen molar-refractivity contribution in [2.75, 3.05) is 5.32 Å². The number of pyridine rings is 1. The van der Waals surface area contributed by atoms with E-state index in [2.05, 4.69) is 15.3 Å². The maximum absolute atomic E-state index is 12.8. The van der Waals surface area contributed by atoms with Crippen molar-refractivity contribution < 1.29 is 14.3 Å². The lowest BCUT2D eigenvalue weighted by Crippen LogP contribution is -2.12. The largest absolute Gasteiger partial charge is 0.487 e. The van der Waals surface area contributed by atoms with Crippen LogP contribution < -0.4 is 14.8 Å². The summed E-state index contributed by atoms with van der Waals surface area (Å²) in [4.78, 5) is 21.7. The number of rotatable bonds is 8. The zero-order valence-electron chi connectivity index (χ0n) is 18.5. The van der Waals surface area contributed by atoms with Crippen LogP contribution in [0, 0.1) is 6.92 Å². The van der Waals surface area contributed by atoms with Crippen molar-refractivity contribution in [3.05, 3.63) is 106 Å². The fourth-order valence-electron chi connectivity index (χ4n) is 3.44. The number of nitrogens with zero attached hydrogens (tertiary/aromatic N) is 3. The molecular formula is C26H22N4O3S. The number of hydrogen-bond donors (Lipinski definition) is 1. The minimum Gasteiger partial charge on any atom is -0.487 e. The highest BCUT2D eigenvalue weighted by atomic mass is 32.1. The standard InChI is InChI=1S/C26H22N4O3S/c1-18-27-22(17-34-18)16-33-23-8-4-6-19(12-23)26(31)29-20-7-5-9-24(13-20)32-15-21-14-30-11-3-2-10-25(30)28-21/h2-14,17H,15-16H2,1H3,(H,29,31). The van der Waals surface area contributed by atoms with Crippen LogP contribution in [0.5, 0.6) is 11.5 Å². The number of aromatic nitrogens is 3. The average Bonchev–Trinajstić information content (AvgIpc) is 3.47. The average molecular weight is 471 g/mol. The van der Waals surface area contributed by atoms with Crippen molar-refractivity contribution in [3.8, 4) is 11.5 Å². The third-order valence-electron chi connectivity index (χ3n) is 5.04. The Labute approximate surface area is 200 Å². The zero-order valence-corrected chi connectivity index (χ0v) is 19.3. The first-order valence-electron chi connectivity index (χ1n) is 10.7. The van der Waals surface area contributed by atoms with Crippen LogP contribution >= 0.6 is 11.3 Å². The lowest BCUT2D eigenvalue weighted by molar-refractivity contribution is 0.102. The van der Waals surface area contributed by atoms with Crippen LogP contribution in [0.4, 0.5) is 5.69 Å². The first-order chi connectivity index (χ1) is 16.6. The highest BCUT2D eigenvalue weighted by Crippen LogP contribution is 2.21. The van der Waals surface area contributed by atoms with E-state index in [4.69, 9.17) is 9.47 Å². The molecule has 0 saturated heterocycles. The van der Waals surface area contributed by atoms with Gasteiger partial charge in [0.15, 0.2) is 0 Å². The van der Waals surface area contributed by atoms with Crippen molar-refractivity contribution in [2.45, 2.75) is 20.1 Å². The number of thiazole rings is 1. The summed E-state index contributed by atoms with van der Waals surface area (Å²) in [6, 6.07) is 20.2. The molecule has 0 radical (unpaired) electrons. The molecule has 5 rings (SSSR count). The minimum atomic E-state index is -0.229. The van der Waals surface area contributed by atoms with Crippen LogP contribution in [-0.2, 0) is 13.2 Å². The van der Waals surface area contributed by atoms with Crippen molar-refractivity contribution in [1.29, 1.82) is 0 Å². The first kappa shape index (κ1) is 21.7. The predicted molar refractivity (Wildman–Crippen MR) is 132 cm³/mol. The van der Waals surface area contributed by atoms with Crippen molar-refractivity contribution in [2.24, 2.45) is 0 Å². The predicted octanol–water partition coefficient (Wildman–Crippen LogP) is 5.51. The molecule has 0 aliphatic rings. The van der Waals surface area contributed by atoms with Crippen LogP contribution in [0.3, 0.4) is 0 Å². The Balaban J connectivity index is 1.20. The van der Waals surface area contributed by atoms with Crippen LogP contribution in [0.25, 0.3) is 5.65 Å². The first-order valence-corrected chi connectivity index (χ1v) is 11.6. The lowest BCUT2D eigenvalue weighted by Gasteiger charge is -2.10. The van der Waals surface area contributed by atoms with E-state index in [-0.39, 0.29) is 5.91 Å². The fourth-order valence-corrected chi connectivity index (χ4v) is 4.04. The molecule has 0 saturated carbocycles. The number of ether oxygens (including phenoxy) is 2. The molecule has 5 aromatic rings. The molecule has 0 unspecified atom stereocenters. The number of carbonyl (C=O) groups is 1. The normalized spacial score (nSPS) is 10.9. The van der Waals surface area contributed by atoms with Gasteiger partial charge in [0.25, 0.3) is 5.91 Å². The molecule has 34 heavy (non-hydrogen) atoms. The van der Waals surface area contributed by atoms with Gasteiger partial charge in [-0.2, -0.15) is 0 Å². The molecule has 1 amide bonds. The van der Waals surface area contributed by atoms with E-state index >= 15 is 0 Å². The molecule has 3 heterocycles. The van der Waals surface area contributed by atoms with E-state index in [1.165, 1.54) is 0 Å². The summed E-state index contributed by atoms with van der Waals surface area (Å²) in [5.74, 6) is 1.03. The van der Waals surface area contributed by atoms with Gasteiger partial charge in [0.2, 0.25) is 0 Å². The molecular weight excluding hydrogens is 448 g/mol. The quantitative estimate of drug-likeness (QED) is 0.324. The maximum atomic E-state index is 12.8. The van der Waals surface area contributed by atoms with Gasteiger partial charge >= 0.3 is 0 Å². The monoisotopic (exact) mass is 470 g/mol. The van der Waals surface area contributed by atoms with E-state index < -0.39 is 0 Å². The molecule has 0 aliphatic heterocycles. The number of imidazole rings is 1. The number of aryl methyl sites for hydroxylation is 1. The Morgan fingerprint density at radius 1 is 0.941 bits per heavy atom. The number of nitrogens with one attached hydrogen (secondary N) is 1. The third-order valence-corrected chi connectivity index (χ3v) is 5.86. The van der Waals surface area contributed by atoms with Gasteiger partial charge in [0.1, 0.15) is 30.4 Å². The third kappa shape index (κ3) is 5.24. The molecule has 2 aromatic carbocycles. The minimum absolute atomic E-state index is 0.229. The van der Waals surface area contributed by atoms with E-state index in [1.807, 2.05) is 71.6 Å². The van der Waals surface area contributed by atoms with Gasteiger partial charge in [-0.05, 0) is 49.4 Å². The molecule has 8 heteroatoms. The van der Waals surface area contributed by atoms with Gasteiger partial charge in [-0.1, -0.05) is 18.2 Å². The summed E-state index contributed by atoms with van der Waals surface area (Å²) in [7, 11) is 0. The second-order valence-electron chi connectivity index (χ2n) is 7.64. The summed E-state index contributed by atoms with van der Waals surface area (Å²) in [5.41, 5.74) is 3.71. The van der Waals surface area contributed by atoms with Crippen LogP contribution in [-0.4, -0.2) is 20.3 Å². The maximum Gasteiger partial charge on any atom is 0.255 e. The van der Waals surface area contributed by atoms with Gasteiger partial charge in [-0.15, -0.1) is 11.3 Å². The SMILES string of the molecule is Cc1nc(COc2cccc(C(=O)Nc3cccc(OCc4cn5ccccc5n4)c3)c2)cs1. The topological polar surface area (TPSA) is 77.8 Å². The van der Waals surface area contributed by atoms with Crippen molar-refractivity contribution >= 4 is 28.6 Å². The Morgan fingerprint density at radius 2 is 1.74 bits per heavy atom. The second kappa shape index (κ2) is 9.76. The highest BCUT2D eigenvalue weighted by molar-refractivity contribution is 7.09. The van der Waals surface area contributed by atoms with Gasteiger partial charge in [0.05, 0.1) is 16.4 Å². The summed E-state index contributed by atoms with van der Waals surface area (Å²) < 4.78 is 13.6. The number of hydrogen-bond acceptors (Lipinski definition) is 6. The van der Waals surface area contributed by atoms with Gasteiger partial charge in [-0.3, -0.25) is 4.79 Å². The van der Waals surface area contributed by atoms with Crippen molar-refractivity contribution in [3.63, 3.8) is 0 Å². The van der Waals surface area contributed by atoms with Crippen LogP contribution in [0.1, 0.15) is 26.8 Å². The molecule has 0 atom stereocenters. The number of fused-ring (bicyclic) bond motifs is 1. The summed E-state index contributed by atoms with van der Waals surface area (Å²) in [6.45, 7) is 2.65. The molecule has 0 bridgehead atoms. The molecule has 0 spiro atoms. The van der Waals surface area contributed by atoms with E-state index in [9.17, 15) is 4.79 Å². The van der Waals surface area contributed by atoms with Gasteiger partial charge in [-0.25, -0.2) is 9.97 Å². The fraction of sp³-hybridized carbons (Fsp3) is 0.115. The van der Waals surface area contributed by atoms with Gasteiger partial charge < -0.3 is 19.2 Å². The summed E-state index contributed by atoms with van der Waals surface area (Å²) in [5, 5.41) is 5.88. The molecule has 3 aromatic heterocycles. The molecule has 7 nitrogen and oxygen atoms in total. The highest BCUT2D eigenvalue weighted by Gasteiger charge is 2.09. The summed E-state index contributed by atoms with van der Waals surface area (Å²) in [6.07, 6.45) is 3.88. The van der Waals surface area contributed by atoms with E-state index in [0.717, 1.165) is 22.0 Å². The van der Waals surface area contributed by atoms with E-state index in [1.54, 1.807) is 35.6 Å².